The lowest BCUT2D eigenvalue weighted by molar-refractivity contribution is 0.625. The summed E-state index contributed by atoms with van der Waals surface area (Å²) in [6.07, 6.45) is 1.27. The molecule has 1 rings (SSSR count). The zero-order chi connectivity index (χ0) is 8.27. The summed E-state index contributed by atoms with van der Waals surface area (Å²) in [5, 5.41) is 3.22. The SMILES string of the molecule is N/N=C\c1ccc(Br)cc1F. The topological polar surface area (TPSA) is 38.4 Å². The van der Waals surface area contributed by atoms with Gasteiger partial charge in [0.15, 0.2) is 0 Å². The molecule has 0 unspecified atom stereocenters. The molecule has 4 heteroatoms. The van der Waals surface area contributed by atoms with Gasteiger partial charge in [0.2, 0.25) is 0 Å². The van der Waals surface area contributed by atoms with E-state index >= 15 is 0 Å². The summed E-state index contributed by atoms with van der Waals surface area (Å²) >= 11 is 3.13. The van der Waals surface area contributed by atoms with Crippen LogP contribution in [0.25, 0.3) is 0 Å². The van der Waals surface area contributed by atoms with E-state index in [0.29, 0.717) is 10.0 Å². The number of hydrazone groups is 1. The van der Waals surface area contributed by atoms with Crippen molar-refractivity contribution in [2.24, 2.45) is 10.9 Å². The molecule has 11 heavy (non-hydrogen) atoms. The third-order valence-electron chi connectivity index (χ3n) is 1.18. The van der Waals surface area contributed by atoms with Gasteiger partial charge in [0.25, 0.3) is 0 Å². The Kier molecular flexibility index (Phi) is 2.59. The van der Waals surface area contributed by atoms with Gasteiger partial charge in [0, 0.05) is 10.0 Å². The van der Waals surface area contributed by atoms with Crippen molar-refractivity contribution in [2.45, 2.75) is 0 Å². The van der Waals surface area contributed by atoms with E-state index in [4.69, 9.17) is 5.84 Å². The zero-order valence-corrected chi connectivity index (χ0v) is 7.18. The van der Waals surface area contributed by atoms with E-state index in [1.807, 2.05) is 0 Å². The lowest BCUT2D eigenvalue weighted by Crippen LogP contribution is -1.90. The summed E-state index contributed by atoms with van der Waals surface area (Å²) < 4.78 is 13.6. The second-order valence-corrected chi connectivity index (χ2v) is 2.86. The number of nitrogens with zero attached hydrogens (tertiary/aromatic N) is 1. The van der Waals surface area contributed by atoms with Gasteiger partial charge in [0.1, 0.15) is 5.82 Å². The van der Waals surface area contributed by atoms with Crippen LogP contribution in [0, 0.1) is 5.82 Å². The van der Waals surface area contributed by atoms with Crippen LogP contribution in [0.1, 0.15) is 5.56 Å². The second kappa shape index (κ2) is 3.48. The summed E-state index contributed by atoms with van der Waals surface area (Å²) in [6.45, 7) is 0. The van der Waals surface area contributed by atoms with E-state index in [1.165, 1.54) is 12.3 Å². The summed E-state index contributed by atoms with van der Waals surface area (Å²) in [7, 11) is 0. The molecule has 0 atom stereocenters. The Morgan fingerprint density at radius 1 is 1.55 bits per heavy atom. The van der Waals surface area contributed by atoms with E-state index < -0.39 is 0 Å². The molecule has 2 nitrogen and oxygen atoms in total. The summed E-state index contributed by atoms with van der Waals surface area (Å²) in [5.41, 5.74) is 0.385. The van der Waals surface area contributed by atoms with E-state index in [-0.39, 0.29) is 5.82 Å². The largest absolute Gasteiger partial charge is 0.323 e. The second-order valence-electron chi connectivity index (χ2n) is 1.94. The van der Waals surface area contributed by atoms with Crippen LogP contribution in [0.5, 0.6) is 0 Å². The average Bonchev–Trinajstić information content (AvgIpc) is 1.95. The van der Waals surface area contributed by atoms with Crippen LogP contribution < -0.4 is 5.84 Å². The Morgan fingerprint density at radius 3 is 2.82 bits per heavy atom. The molecule has 0 aliphatic rings. The standard InChI is InChI=1S/C7H6BrFN2/c8-6-2-1-5(4-11-10)7(9)3-6/h1-4H,10H2/b11-4-. The molecular formula is C7H6BrFN2. The van der Waals surface area contributed by atoms with Crippen molar-refractivity contribution in [1.82, 2.24) is 0 Å². The highest BCUT2D eigenvalue weighted by Crippen LogP contribution is 2.13. The monoisotopic (exact) mass is 216 g/mol. The molecule has 0 aromatic heterocycles. The van der Waals surface area contributed by atoms with Gasteiger partial charge in [-0.05, 0) is 18.2 Å². The van der Waals surface area contributed by atoms with Crippen molar-refractivity contribution in [1.29, 1.82) is 0 Å². The molecule has 0 bridgehead atoms. The number of hydrogen-bond acceptors (Lipinski definition) is 2. The van der Waals surface area contributed by atoms with Crippen molar-refractivity contribution in [3.05, 3.63) is 34.1 Å². The predicted octanol–water partition coefficient (Wildman–Crippen LogP) is 1.88. The quantitative estimate of drug-likeness (QED) is 0.435. The van der Waals surface area contributed by atoms with Gasteiger partial charge >= 0.3 is 0 Å². The molecular weight excluding hydrogens is 211 g/mol. The maximum Gasteiger partial charge on any atom is 0.133 e. The van der Waals surface area contributed by atoms with Gasteiger partial charge < -0.3 is 5.84 Å². The van der Waals surface area contributed by atoms with E-state index in [2.05, 4.69) is 21.0 Å². The van der Waals surface area contributed by atoms with Crippen LogP contribution in [-0.2, 0) is 0 Å². The summed E-state index contributed by atoms with van der Waals surface area (Å²) in [4.78, 5) is 0. The normalized spacial score (nSPS) is 10.7. The highest BCUT2D eigenvalue weighted by atomic mass is 79.9. The lowest BCUT2D eigenvalue weighted by Gasteiger charge is -1.94. The smallest absolute Gasteiger partial charge is 0.133 e. The average molecular weight is 217 g/mol. The van der Waals surface area contributed by atoms with Crippen LogP contribution in [0.15, 0.2) is 27.8 Å². The predicted molar refractivity (Wildman–Crippen MR) is 45.9 cm³/mol. The molecule has 0 aliphatic heterocycles. The molecule has 1 aromatic rings. The number of halogens is 2. The molecule has 0 fully saturated rings. The Morgan fingerprint density at radius 2 is 2.27 bits per heavy atom. The van der Waals surface area contributed by atoms with Gasteiger partial charge in [-0.25, -0.2) is 4.39 Å². The Hall–Kier alpha value is -0.900. The number of nitrogens with two attached hydrogens (primary N) is 1. The van der Waals surface area contributed by atoms with Crippen LogP contribution in [0.4, 0.5) is 4.39 Å². The number of rotatable bonds is 1. The van der Waals surface area contributed by atoms with Gasteiger partial charge in [-0.1, -0.05) is 15.9 Å². The van der Waals surface area contributed by atoms with Gasteiger partial charge in [-0.15, -0.1) is 0 Å². The van der Waals surface area contributed by atoms with Crippen molar-refractivity contribution in [2.75, 3.05) is 0 Å². The Balaban J connectivity index is 3.09. The maximum atomic E-state index is 12.9. The Labute approximate surface area is 72.0 Å². The minimum absolute atomic E-state index is 0.339. The third kappa shape index (κ3) is 2.01. The molecule has 0 saturated carbocycles. The summed E-state index contributed by atoms with van der Waals surface area (Å²) in [6, 6.07) is 4.67. The molecule has 0 amide bonds. The minimum Gasteiger partial charge on any atom is -0.323 e. The molecule has 0 saturated heterocycles. The third-order valence-corrected chi connectivity index (χ3v) is 1.67. The van der Waals surface area contributed by atoms with E-state index in [0.717, 1.165) is 0 Å². The highest BCUT2D eigenvalue weighted by Gasteiger charge is 1.98. The first-order valence-corrected chi connectivity index (χ1v) is 3.71. The summed E-state index contributed by atoms with van der Waals surface area (Å²) in [5.74, 6) is 4.52. The number of hydrogen-bond donors (Lipinski definition) is 1. The molecule has 58 valence electrons. The molecule has 0 aliphatic carbocycles. The van der Waals surface area contributed by atoms with Crippen LogP contribution in [0.2, 0.25) is 0 Å². The fourth-order valence-corrected chi connectivity index (χ4v) is 1.02. The Bertz CT molecular complexity index is 286. The van der Waals surface area contributed by atoms with Crippen LogP contribution >= 0.6 is 15.9 Å². The van der Waals surface area contributed by atoms with Crippen molar-refractivity contribution < 1.29 is 4.39 Å². The number of benzene rings is 1. The molecule has 0 spiro atoms. The van der Waals surface area contributed by atoms with Crippen LogP contribution in [-0.4, -0.2) is 6.21 Å². The first-order chi connectivity index (χ1) is 5.24. The van der Waals surface area contributed by atoms with Crippen molar-refractivity contribution in [3.63, 3.8) is 0 Å². The lowest BCUT2D eigenvalue weighted by atomic mass is 10.2. The minimum atomic E-state index is -0.339. The fraction of sp³-hybridized carbons (Fsp3) is 0. The highest BCUT2D eigenvalue weighted by molar-refractivity contribution is 9.10. The zero-order valence-electron chi connectivity index (χ0n) is 5.59. The van der Waals surface area contributed by atoms with E-state index in [9.17, 15) is 4.39 Å². The molecule has 1 aromatic carbocycles. The fourth-order valence-electron chi connectivity index (χ4n) is 0.687. The first-order valence-electron chi connectivity index (χ1n) is 2.92. The van der Waals surface area contributed by atoms with Gasteiger partial charge in [-0.3, -0.25) is 0 Å². The first kappa shape index (κ1) is 8.20. The van der Waals surface area contributed by atoms with Crippen LogP contribution in [0.3, 0.4) is 0 Å². The molecule has 0 heterocycles. The van der Waals surface area contributed by atoms with Gasteiger partial charge in [-0.2, -0.15) is 5.10 Å². The van der Waals surface area contributed by atoms with Gasteiger partial charge in [0.05, 0.1) is 6.21 Å². The van der Waals surface area contributed by atoms with Crippen molar-refractivity contribution in [3.8, 4) is 0 Å². The van der Waals surface area contributed by atoms with E-state index in [1.54, 1.807) is 12.1 Å². The maximum absolute atomic E-state index is 12.9. The molecule has 2 N–H and O–H groups in total. The molecule has 0 radical (unpaired) electrons. The van der Waals surface area contributed by atoms with Crippen molar-refractivity contribution >= 4 is 22.1 Å².